The first kappa shape index (κ1) is 14.8. The number of hydrogen-bond donors (Lipinski definition) is 2. The van der Waals surface area contributed by atoms with Crippen LogP contribution in [0, 0.1) is 6.92 Å². The van der Waals surface area contributed by atoms with Crippen LogP contribution < -0.4 is 10.6 Å². The molecular weight excluding hydrogens is 296 g/mol. The summed E-state index contributed by atoms with van der Waals surface area (Å²) in [4.78, 5) is 20.2. The first-order chi connectivity index (χ1) is 11.2. The molecule has 3 aromatic rings. The highest BCUT2D eigenvalue weighted by molar-refractivity contribution is 5.94. The molecule has 0 aliphatic carbocycles. The quantitative estimate of drug-likeness (QED) is 0.668. The van der Waals surface area contributed by atoms with Crippen molar-refractivity contribution >= 4 is 11.7 Å². The zero-order chi connectivity index (χ0) is 16.1. The van der Waals surface area contributed by atoms with E-state index in [9.17, 15) is 4.79 Å². The lowest BCUT2D eigenvalue weighted by Crippen LogP contribution is -2.29. The molecule has 0 spiro atoms. The van der Waals surface area contributed by atoms with Crippen LogP contribution in [0.1, 0.15) is 16.1 Å². The summed E-state index contributed by atoms with van der Waals surface area (Å²) in [6, 6.07) is 5.70. The van der Waals surface area contributed by atoms with Crippen LogP contribution in [0.3, 0.4) is 0 Å². The third kappa shape index (κ3) is 3.54. The van der Waals surface area contributed by atoms with Gasteiger partial charge in [0.1, 0.15) is 29.3 Å². The number of nitrogens with zero attached hydrogens (tertiary/aromatic N) is 4. The average molecular weight is 312 g/mol. The van der Waals surface area contributed by atoms with Gasteiger partial charge < -0.3 is 19.7 Å². The number of aryl methyl sites for hydroxylation is 1. The molecule has 0 saturated carbocycles. The highest BCUT2D eigenvalue weighted by Gasteiger charge is 2.11. The number of anilines is 1. The van der Waals surface area contributed by atoms with Crippen molar-refractivity contribution < 1.29 is 9.32 Å². The summed E-state index contributed by atoms with van der Waals surface area (Å²) in [6.07, 6.45) is 6.73. The van der Waals surface area contributed by atoms with Gasteiger partial charge >= 0.3 is 0 Å². The van der Waals surface area contributed by atoms with Gasteiger partial charge in [-0.25, -0.2) is 9.97 Å². The fourth-order valence-corrected chi connectivity index (χ4v) is 2.05. The topological polar surface area (TPSA) is 97.9 Å². The zero-order valence-corrected chi connectivity index (χ0v) is 12.6. The normalized spacial score (nSPS) is 10.5. The molecule has 2 N–H and O–H groups in total. The Morgan fingerprint density at radius 3 is 2.83 bits per heavy atom. The summed E-state index contributed by atoms with van der Waals surface area (Å²) < 4.78 is 6.76. The van der Waals surface area contributed by atoms with Crippen LogP contribution in [0.15, 0.2) is 47.6 Å². The molecule has 0 unspecified atom stereocenters. The van der Waals surface area contributed by atoms with Crippen molar-refractivity contribution in [2.75, 3.05) is 18.4 Å². The number of hydrogen-bond acceptors (Lipinski definition) is 6. The Morgan fingerprint density at radius 1 is 1.26 bits per heavy atom. The zero-order valence-electron chi connectivity index (χ0n) is 12.6. The molecule has 8 nitrogen and oxygen atoms in total. The van der Waals surface area contributed by atoms with Crippen LogP contribution >= 0.6 is 0 Å². The molecule has 8 heteroatoms. The Hall–Kier alpha value is -3.16. The van der Waals surface area contributed by atoms with E-state index in [0.717, 1.165) is 5.82 Å². The predicted octanol–water partition coefficient (Wildman–Crippen LogP) is 1.41. The Balaban J connectivity index is 1.50. The first-order valence-electron chi connectivity index (χ1n) is 7.13. The minimum Gasteiger partial charge on any atom is -0.368 e. The summed E-state index contributed by atoms with van der Waals surface area (Å²) in [7, 11) is 0. The number of carbonyl (C=O) groups is 1. The standard InChI is InChI=1S/C15H16N6O2/c1-11-12(9-20-23-11)15(22)17-5-4-16-13-8-14(19-10-18-13)21-6-2-3-7-21/h2-3,6-10H,4-5H2,1H3,(H,17,22)(H,16,18,19). The van der Waals surface area contributed by atoms with E-state index in [1.165, 1.54) is 12.5 Å². The lowest BCUT2D eigenvalue weighted by molar-refractivity contribution is 0.0953. The highest BCUT2D eigenvalue weighted by Crippen LogP contribution is 2.09. The van der Waals surface area contributed by atoms with E-state index in [2.05, 4.69) is 25.8 Å². The van der Waals surface area contributed by atoms with Crippen molar-refractivity contribution in [1.29, 1.82) is 0 Å². The lowest BCUT2D eigenvalue weighted by Gasteiger charge is -2.08. The van der Waals surface area contributed by atoms with Crippen molar-refractivity contribution in [3.8, 4) is 5.82 Å². The number of rotatable bonds is 6. The number of nitrogens with one attached hydrogen (secondary N) is 2. The van der Waals surface area contributed by atoms with Crippen LogP contribution in [0.4, 0.5) is 5.82 Å². The van der Waals surface area contributed by atoms with Crippen molar-refractivity contribution in [1.82, 2.24) is 25.0 Å². The maximum absolute atomic E-state index is 11.9. The van der Waals surface area contributed by atoms with E-state index < -0.39 is 0 Å². The number of carbonyl (C=O) groups excluding carboxylic acids is 1. The molecule has 23 heavy (non-hydrogen) atoms. The van der Waals surface area contributed by atoms with Crippen LogP contribution in [-0.2, 0) is 0 Å². The molecule has 0 radical (unpaired) electrons. The molecule has 118 valence electrons. The van der Waals surface area contributed by atoms with E-state index in [4.69, 9.17) is 4.52 Å². The van der Waals surface area contributed by atoms with Crippen LogP contribution in [0.25, 0.3) is 5.82 Å². The van der Waals surface area contributed by atoms with Crippen molar-refractivity contribution in [2.24, 2.45) is 0 Å². The largest absolute Gasteiger partial charge is 0.368 e. The van der Waals surface area contributed by atoms with Gasteiger partial charge in [0.25, 0.3) is 5.91 Å². The molecule has 0 fully saturated rings. The summed E-state index contributed by atoms with van der Waals surface area (Å²) in [5, 5.41) is 9.51. The van der Waals surface area contributed by atoms with Gasteiger partial charge in [0.05, 0.1) is 6.20 Å². The van der Waals surface area contributed by atoms with E-state index in [1.807, 2.05) is 35.2 Å². The van der Waals surface area contributed by atoms with Gasteiger partial charge in [0.15, 0.2) is 0 Å². The summed E-state index contributed by atoms with van der Waals surface area (Å²) in [5.41, 5.74) is 0.446. The van der Waals surface area contributed by atoms with Gasteiger partial charge in [-0.1, -0.05) is 5.16 Å². The first-order valence-corrected chi connectivity index (χ1v) is 7.13. The minimum atomic E-state index is -0.207. The monoisotopic (exact) mass is 312 g/mol. The summed E-state index contributed by atoms with van der Waals surface area (Å²) in [6.45, 7) is 2.69. The Kier molecular flexibility index (Phi) is 4.32. The molecule has 0 bridgehead atoms. The van der Waals surface area contributed by atoms with E-state index in [1.54, 1.807) is 6.92 Å². The molecule has 0 aliphatic heterocycles. The highest BCUT2D eigenvalue weighted by atomic mass is 16.5. The smallest absolute Gasteiger partial charge is 0.256 e. The predicted molar refractivity (Wildman–Crippen MR) is 83.4 cm³/mol. The Morgan fingerprint density at radius 2 is 2.09 bits per heavy atom. The Bertz CT molecular complexity index is 781. The molecular formula is C15H16N6O2. The maximum Gasteiger partial charge on any atom is 0.256 e. The fourth-order valence-electron chi connectivity index (χ4n) is 2.05. The van der Waals surface area contributed by atoms with Crippen molar-refractivity contribution in [3.63, 3.8) is 0 Å². The van der Waals surface area contributed by atoms with Crippen LogP contribution in [0.5, 0.6) is 0 Å². The van der Waals surface area contributed by atoms with E-state index in [-0.39, 0.29) is 5.91 Å². The number of amides is 1. The molecule has 3 heterocycles. The molecule has 0 aromatic carbocycles. The van der Waals surface area contributed by atoms with Gasteiger partial charge in [-0.3, -0.25) is 4.79 Å². The second-order valence-electron chi connectivity index (χ2n) is 4.83. The second-order valence-corrected chi connectivity index (χ2v) is 4.83. The maximum atomic E-state index is 11.9. The summed E-state index contributed by atoms with van der Waals surface area (Å²) in [5.74, 6) is 1.76. The second kappa shape index (κ2) is 6.73. The van der Waals surface area contributed by atoms with Crippen molar-refractivity contribution in [3.05, 3.63) is 54.4 Å². The third-order valence-electron chi connectivity index (χ3n) is 3.23. The molecule has 0 atom stereocenters. The van der Waals surface area contributed by atoms with Gasteiger partial charge in [-0.2, -0.15) is 0 Å². The van der Waals surface area contributed by atoms with E-state index in [0.29, 0.717) is 30.2 Å². The van der Waals surface area contributed by atoms with Gasteiger partial charge in [-0.05, 0) is 19.1 Å². The minimum absolute atomic E-state index is 0.207. The van der Waals surface area contributed by atoms with Gasteiger partial charge in [-0.15, -0.1) is 0 Å². The summed E-state index contributed by atoms with van der Waals surface area (Å²) >= 11 is 0. The van der Waals surface area contributed by atoms with Crippen molar-refractivity contribution in [2.45, 2.75) is 6.92 Å². The van der Waals surface area contributed by atoms with Crippen LogP contribution in [-0.4, -0.2) is 38.7 Å². The number of aromatic nitrogens is 4. The van der Waals surface area contributed by atoms with Gasteiger partial charge in [0, 0.05) is 31.5 Å². The molecule has 0 aliphatic rings. The van der Waals surface area contributed by atoms with Crippen LogP contribution in [0.2, 0.25) is 0 Å². The molecule has 1 amide bonds. The fraction of sp³-hybridized carbons (Fsp3) is 0.200. The van der Waals surface area contributed by atoms with Gasteiger partial charge in [0.2, 0.25) is 0 Å². The molecule has 3 rings (SSSR count). The average Bonchev–Trinajstić information content (AvgIpc) is 3.23. The Labute approximate surface area is 132 Å². The molecule has 0 saturated heterocycles. The lowest BCUT2D eigenvalue weighted by atomic mass is 10.2. The SMILES string of the molecule is Cc1oncc1C(=O)NCCNc1cc(-n2cccc2)ncn1. The van der Waals surface area contributed by atoms with E-state index >= 15 is 0 Å². The third-order valence-corrected chi connectivity index (χ3v) is 3.23. The molecule has 3 aromatic heterocycles.